The lowest BCUT2D eigenvalue weighted by atomic mass is 10.2. The van der Waals surface area contributed by atoms with Crippen molar-refractivity contribution in [3.8, 4) is 0 Å². The molecular formula is C21H38N4O7. The number of carbonyl (C=O) groups excluding carboxylic acids is 4. The van der Waals surface area contributed by atoms with Crippen LogP contribution in [0.5, 0.6) is 0 Å². The van der Waals surface area contributed by atoms with Gasteiger partial charge in [0.05, 0.1) is 6.04 Å². The average molecular weight is 459 g/mol. The van der Waals surface area contributed by atoms with Crippen LogP contribution in [0.3, 0.4) is 0 Å². The van der Waals surface area contributed by atoms with Crippen LogP contribution in [0.1, 0.15) is 75.2 Å². The first kappa shape index (κ1) is 29.1. The van der Waals surface area contributed by atoms with Crippen molar-refractivity contribution >= 4 is 30.5 Å². The van der Waals surface area contributed by atoms with Crippen LogP contribution < -0.4 is 16.0 Å². The molecule has 0 rings (SSSR count). The lowest BCUT2D eigenvalue weighted by molar-refractivity contribution is -0.109. The molecule has 3 amide bonds. The first-order chi connectivity index (χ1) is 14.4. The highest BCUT2D eigenvalue weighted by atomic mass is 16.6. The van der Waals surface area contributed by atoms with Crippen molar-refractivity contribution in [3.05, 3.63) is 0 Å². The Morgan fingerprint density at radius 1 is 0.781 bits per heavy atom. The van der Waals surface area contributed by atoms with Gasteiger partial charge in [0, 0.05) is 6.54 Å². The lowest BCUT2D eigenvalue weighted by Crippen LogP contribution is -2.47. The molecule has 0 radical (unpaired) electrons. The minimum absolute atomic E-state index is 0.140. The minimum Gasteiger partial charge on any atom is -0.444 e. The zero-order valence-corrected chi connectivity index (χ0v) is 20.6. The molecule has 0 heterocycles. The van der Waals surface area contributed by atoms with E-state index in [4.69, 9.17) is 14.2 Å². The Balaban J connectivity index is 4.97. The maximum atomic E-state index is 12.0. The number of rotatable bonds is 6. The van der Waals surface area contributed by atoms with Crippen LogP contribution in [0.4, 0.5) is 14.4 Å². The molecule has 0 aromatic heterocycles. The van der Waals surface area contributed by atoms with E-state index in [1.807, 2.05) is 0 Å². The summed E-state index contributed by atoms with van der Waals surface area (Å²) in [6.07, 6.45) is -1.05. The number of nitrogens with zero attached hydrogens (tertiary/aromatic N) is 1. The highest BCUT2D eigenvalue weighted by molar-refractivity contribution is 6.01. The van der Waals surface area contributed by atoms with Gasteiger partial charge in [0.15, 0.2) is 0 Å². The quantitative estimate of drug-likeness (QED) is 0.182. The predicted octanol–water partition coefficient (Wildman–Crippen LogP) is 3.26. The highest BCUT2D eigenvalue weighted by Gasteiger charge is 2.22. The Morgan fingerprint density at radius 3 is 1.56 bits per heavy atom. The van der Waals surface area contributed by atoms with E-state index in [1.54, 1.807) is 62.3 Å². The molecule has 0 saturated heterocycles. The molecule has 0 aliphatic heterocycles. The summed E-state index contributed by atoms with van der Waals surface area (Å²) in [5, 5.41) is 7.21. The van der Waals surface area contributed by atoms with Crippen LogP contribution in [-0.4, -0.2) is 59.9 Å². The fraction of sp³-hybridized carbons (Fsp3) is 0.762. The molecule has 184 valence electrons. The molecule has 0 aliphatic carbocycles. The van der Waals surface area contributed by atoms with E-state index in [2.05, 4.69) is 20.9 Å². The summed E-state index contributed by atoms with van der Waals surface area (Å²) in [5.41, 5.74) is -2.17. The van der Waals surface area contributed by atoms with Crippen LogP contribution in [-0.2, 0) is 19.0 Å². The lowest BCUT2D eigenvalue weighted by Gasteiger charge is -2.22. The van der Waals surface area contributed by atoms with Crippen molar-refractivity contribution in [2.45, 2.75) is 98.0 Å². The number of alkyl carbamates (subject to hydrolysis) is 3. The normalized spacial score (nSPS) is 12.7. The number of hydrogen-bond acceptors (Lipinski definition) is 8. The van der Waals surface area contributed by atoms with Crippen LogP contribution in [0.2, 0.25) is 0 Å². The van der Waals surface area contributed by atoms with Gasteiger partial charge in [0.25, 0.3) is 0 Å². The van der Waals surface area contributed by atoms with E-state index in [-0.39, 0.29) is 18.9 Å². The van der Waals surface area contributed by atoms with Gasteiger partial charge in [-0.25, -0.2) is 14.4 Å². The first-order valence-corrected chi connectivity index (χ1v) is 10.4. The van der Waals surface area contributed by atoms with E-state index in [1.165, 1.54) is 0 Å². The number of hydrogen-bond donors (Lipinski definition) is 3. The Hall–Kier alpha value is -2.85. The fourth-order valence-electron chi connectivity index (χ4n) is 2.05. The Bertz CT molecular complexity index is 654. The third-order valence-corrected chi connectivity index (χ3v) is 3.05. The molecule has 0 unspecified atom stereocenters. The van der Waals surface area contributed by atoms with Gasteiger partial charge in [-0.1, -0.05) is 0 Å². The molecule has 0 aromatic rings. The van der Waals surface area contributed by atoms with Crippen molar-refractivity contribution in [1.82, 2.24) is 16.0 Å². The van der Waals surface area contributed by atoms with E-state index in [0.717, 1.165) is 0 Å². The minimum atomic E-state index is -0.801. The standard InChI is InChI=1S/C21H38N4O7/c1-19(2,3)30-16(27)23-14(13-26)11-10-12-22-15(24-17(28)31-20(4,5)6)25-18(29)32-21(7,8)9/h13-14H,10-12H2,1-9H3,(H,23,27)(H2,22,24,25,28,29)/t14-/m1/s1. The predicted molar refractivity (Wildman–Crippen MR) is 119 cm³/mol. The molecule has 1 atom stereocenters. The van der Waals surface area contributed by atoms with Crippen molar-refractivity contribution < 1.29 is 33.4 Å². The number of aliphatic imine (C=N–C) groups is 1. The zero-order valence-electron chi connectivity index (χ0n) is 20.6. The van der Waals surface area contributed by atoms with Crippen LogP contribution in [0, 0.1) is 0 Å². The molecule has 32 heavy (non-hydrogen) atoms. The number of aldehydes is 1. The summed E-state index contributed by atoms with van der Waals surface area (Å²) >= 11 is 0. The molecule has 11 nitrogen and oxygen atoms in total. The third kappa shape index (κ3) is 16.9. The summed E-state index contributed by atoms with van der Waals surface area (Å²) in [6, 6.07) is -0.763. The largest absolute Gasteiger partial charge is 0.444 e. The fourth-order valence-corrected chi connectivity index (χ4v) is 2.05. The number of guanidine groups is 1. The van der Waals surface area contributed by atoms with Crippen LogP contribution >= 0.6 is 0 Å². The van der Waals surface area contributed by atoms with E-state index < -0.39 is 41.1 Å². The van der Waals surface area contributed by atoms with E-state index in [9.17, 15) is 19.2 Å². The third-order valence-electron chi connectivity index (χ3n) is 3.05. The zero-order chi connectivity index (χ0) is 25.2. The van der Waals surface area contributed by atoms with E-state index >= 15 is 0 Å². The second-order valence-corrected chi connectivity index (χ2v) is 10.0. The van der Waals surface area contributed by atoms with Crippen molar-refractivity contribution in [2.75, 3.05) is 6.54 Å². The maximum absolute atomic E-state index is 12.0. The van der Waals surface area contributed by atoms with Gasteiger partial charge in [0.1, 0.15) is 23.1 Å². The number of nitrogens with one attached hydrogen (secondary N) is 3. The Morgan fingerprint density at radius 2 is 1.19 bits per heavy atom. The molecule has 3 N–H and O–H groups in total. The number of amides is 3. The van der Waals surface area contributed by atoms with Gasteiger partial charge in [0.2, 0.25) is 5.96 Å². The second-order valence-electron chi connectivity index (χ2n) is 10.0. The summed E-state index contributed by atoms with van der Waals surface area (Å²) in [7, 11) is 0. The molecule has 0 spiro atoms. The van der Waals surface area contributed by atoms with Gasteiger partial charge in [-0.15, -0.1) is 0 Å². The molecule has 0 aliphatic rings. The molecular weight excluding hydrogens is 420 g/mol. The Kier molecular flexibility index (Phi) is 11.2. The molecule has 0 fully saturated rings. The summed E-state index contributed by atoms with van der Waals surface area (Å²) in [6.45, 7) is 15.5. The van der Waals surface area contributed by atoms with Gasteiger partial charge in [-0.2, -0.15) is 0 Å². The number of carbonyl (C=O) groups is 4. The van der Waals surface area contributed by atoms with Gasteiger partial charge >= 0.3 is 18.3 Å². The van der Waals surface area contributed by atoms with Gasteiger partial charge < -0.3 is 24.3 Å². The summed E-state index contributed by atoms with van der Waals surface area (Å²) < 4.78 is 15.5. The maximum Gasteiger partial charge on any atom is 0.414 e. The topological polar surface area (TPSA) is 144 Å². The van der Waals surface area contributed by atoms with E-state index in [0.29, 0.717) is 12.7 Å². The molecule has 0 saturated carbocycles. The molecule has 0 aromatic carbocycles. The van der Waals surface area contributed by atoms with Gasteiger partial charge in [-0.05, 0) is 75.2 Å². The van der Waals surface area contributed by atoms with Crippen molar-refractivity contribution in [1.29, 1.82) is 0 Å². The van der Waals surface area contributed by atoms with Crippen molar-refractivity contribution in [3.63, 3.8) is 0 Å². The van der Waals surface area contributed by atoms with Crippen molar-refractivity contribution in [2.24, 2.45) is 4.99 Å². The molecule has 0 bridgehead atoms. The number of ether oxygens (including phenoxy) is 3. The highest BCUT2D eigenvalue weighted by Crippen LogP contribution is 2.09. The van der Waals surface area contributed by atoms with Crippen LogP contribution in [0.25, 0.3) is 0 Å². The summed E-state index contributed by atoms with van der Waals surface area (Å²) in [5.74, 6) is -0.156. The van der Waals surface area contributed by atoms with Crippen LogP contribution in [0.15, 0.2) is 4.99 Å². The Labute approximate surface area is 190 Å². The van der Waals surface area contributed by atoms with Gasteiger partial charge in [-0.3, -0.25) is 15.6 Å². The molecule has 11 heteroatoms. The smallest absolute Gasteiger partial charge is 0.414 e. The monoisotopic (exact) mass is 458 g/mol. The first-order valence-electron chi connectivity index (χ1n) is 10.4. The SMILES string of the molecule is CC(C)(C)OC(=O)NC(=NCCC[C@H](C=O)NC(=O)OC(C)(C)C)NC(=O)OC(C)(C)C. The summed E-state index contributed by atoms with van der Waals surface area (Å²) in [4.78, 5) is 51.3. The average Bonchev–Trinajstić information content (AvgIpc) is 2.51. The second kappa shape index (κ2) is 12.3.